The smallest absolute Gasteiger partial charge is 0.0444 e. The van der Waals surface area contributed by atoms with E-state index in [9.17, 15) is 0 Å². The molecule has 0 amide bonds. The van der Waals surface area contributed by atoms with E-state index in [1.165, 1.54) is 16.8 Å². The maximum atomic E-state index is 4.00. The van der Waals surface area contributed by atoms with Crippen LogP contribution in [0.2, 0.25) is 0 Å². The van der Waals surface area contributed by atoms with Gasteiger partial charge in [0.1, 0.15) is 0 Å². The molecule has 0 spiro atoms. The van der Waals surface area contributed by atoms with Gasteiger partial charge in [-0.15, -0.1) is 0 Å². The van der Waals surface area contributed by atoms with Gasteiger partial charge in [0.15, 0.2) is 0 Å². The molecule has 0 atom stereocenters. The molecule has 0 saturated carbocycles. The average Bonchev–Trinajstić information content (AvgIpc) is 2.03. The first-order valence-electron chi connectivity index (χ1n) is 3.88. The molecule has 3 heteroatoms. The highest BCUT2D eigenvalue weighted by atomic mass is 32.1. The summed E-state index contributed by atoms with van der Waals surface area (Å²) in [6, 6.07) is 4.12. The van der Waals surface area contributed by atoms with Crippen LogP contribution in [-0.4, -0.2) is 7.05 Å². The van der Waals surface area contributed by atoms with Crippen molar-refractivity contribution in [3.8, 4) is 0 Å². The minimum atomic E-state index is 1.03. The Bertz CT molecular complexity index is 261. The van der Waals surface area contributed by atoms with Crippen LogP contribution >= 0.6 is 12.8 Å². The Morgan fingerprint density at radius 3 is 2.00 bits per heavy atom. The van der Waals surface area contributed by atoms with Crippen LogP contribution in [0.1, 0.15) is 11.1 Å². The third kappa shape index (κ3) is 1.67. The number of rotatable bonds is 2. The number of hydrogen-bond acceptors (Lipinski definition) is 3. The highest BCUT2D eigenvalue weighted by Crippen LogP contribution is 2.24. The number of anilines is 2. The average molecular weight is 182 g/mol. The molecule has 66 valence electrons. The summed E-state index contributed by atoms with van der Waals surface area (Å²) in [5.41, 5.74) is 4.69. The van der Waals surface area contributed by atoms with E-state index in [1.807, 2.05) is 7.05 Å². The fourth-order valence-electron chi connectivity index (χ4n) is 1.42. The second-order valence-corrected chi connectivity index (χ2v) is 3.07. The molecule has 0 aliphatic carbocycles. The topological polar surface area (TPSA) is 24.1 Å². The summed E-state index contributed by atoms with van der Waals surface area (Å²) in [5, 5.41) is 3.16. The number of benzene rings is 1. The standard InChI is InChI=1S/C9H14N2S/c1-6-4-8(11-12)5-7(2)9(6)10-3/h4-5,10-12H,1-3H3. The zero-order valence-electron chi connectivity index (χ0n) is 7.60. The van der Waals surface area contributed by atoms with Gasteiger partial charge in [-0.1, -0.05) is 12.8 Å². The lowest BCUT2D eigenvalue weighted by Gasteiger charge is -2.11. The second-order valence-electron chi connectivity index (χ2n) is 2.85. The Morgan fingerprint density at radius 1 is 1.17 bits per heavy atom. The van der Waals surface area contributed by atoms with E-state index >= 15 is 0 Å². The number of aryl methyl sites for hydroxylation is 2. The van der Waals surface area contributed by atoms with Crippen LogP contribution < -0.4 is 10.0 Å². The second kappa shape index (κ2) is 3.72. The van der Waals surface area contributed by atoms with Crippen LogP contribution in [0.4, 0.5) is 11.4 Å². The molecule has 0 saturated heterocycles. The SMILES string of the molecule is CNc1c(C)cc(NS)cc1C. The van der Waals surface area contributed by atoms with Crippen molar-refractivity contribution in [2.24, 2.45) is 0 Å². The Morgan fingerprint density at radius 2 is 1.67 bits per heavy atom. The van der Waals surface area contributed by atoms with Crippen LogP contribution in [0.15, 0.2) is 12.1 Å². The van der Waals surface area contributed by atoms with Gasteiger partial charge in [-0.3, -0.25) is 0 Å². The summed E-state index contributed by atoms with van der Waals surface area (Å²) in [4.78, 5) is 0. The molecule has 0 aliphatic rings. The molecule has 12 heavy (non-hydrogen) atoms. The third-order valence-corrected chi connectivity index (χ3v) is 2.17. The van der Waals surface area contributed by atoms with Gasteiger partial charge in [0.05, 0.1) is 0 Å². The molecule has 1 rings (SSSR count). The largest absolute Gasteiger partial charge is 0.388 e. The van der Waals surface area contributed by atoms with Gasteiger partial charge in [0.25, 0.3) is 0 Å². The summed E-state index contributed by atoms with van der Waals surface area (Å²) in [6.45, 7) is 4.15. The minimum absolute atomic E-state index is 1.03. The summed E-state index contributed by atoms with van der Waals surface area (Å²) < 4.78 is 2.83. The van der Waals surface area contributed by atoms with E-state index in [2.05, 4.69) is 48.8 Å². The Hall–Kier alpha value is -0.830. The molecule has 0 heterocycles. The first-order chi connectivity index (χ1) is 5.69. The van der Waals surface area contributed by atoms with Gasteiger partial charge in [0, 0.05) is 18.4 Å². The van der Waals surface area contributed by atoms with Crippen molar-refractivity contribution in [1.82, 2.24) is 0 Å². The first kappa shape index (κ1) is 9.26. The fourth-order valence-corrected chi connectivity index (χ4v) is 1.55. The van der Waals surface area contributed by atoms with Crippen LogP contribution in [-0.2, 0) is 0 Å². The van der Waals surface area contributed by atoms with E-state index in [4.69, 9.17) is 0 Å². The van der Waals surface area contributed by atoms with Gasteiger partial charge in [-0.05, 0) is 37.1 Å². The van der Waals surface area contributed by atoms with Crippen molar-refractivity contribution in [1.29, 1.82) is 0 Å². The Kier molecular flexibility index (Phi) is 2.87. The zero-order valence-corrected chi connectivity index (χ0v) is 8.50. The van der Waals surface area contributed by atoms with Crippen molar-refractivity contribution >= 4 is 24.2 Å². The molecule has 0 bridgehead atoms. The van der Waals surface area contributed by atoms with Crippen LogP contribution in [0, 0.1) is 13.8 Å². The lowest BCUT2D eigenvalue weighted by Crippen LogP contribution is -1.96. The zero-order chi connectivity index (χ0) is 9.14. The molecule has 2 nitrogen and oxygen atoms in total. The third-order valence-electron chi connectivity index (χ3n) is 1.91. The van der Waals surface area contributed by atoms with Gasteiger partial charge in [-0.2, -0.15) is 0 Å². The summed E-state index contributed by atoms with van der Waals surface area (Å²) in [5.74, 6) is 0. The van der Waals surface area contributed by atoms with Crippen LogP contribution in [0.5, 0.6) is 0 Å². The molecule has 0 radical (unpaired) electrons. The molecule has 0 unspecified atom stereocenters. The normalized spacial score (nSPS) is 9.67. The van der Waals surface area contributed by atoms with Crippen molar-refractivity contribution in [3.63, 3.8) is 0 Å². The van der Waals surface area contributed by atoms with Crippen molar-refractivity contribution in [2.45, 2.75) is 13.8 Å². The molecule has 0 aliphatic heterocycles. The monoisotopic (exact) mass is 182 g/mol. The minimum Gasteiger partial charge on any atom is -0.388 e. The van der Waals surface area contributed by atoms with Gasteiger partial charge < -0.3 is 10.0 Å². The number of hydrogen-bond donors (Lipinski definition) is 3. The van der Waals surface area contributed by atoms with E-state index in [0.717, 1.165) is 5.69 Å². The molecule has 1 aromatic rings. The van der Waals surface area contributed by atoms with Crippen molar-refractivity contribution in [2.75, 3.05) is 17.1 Å². The van der Waals surface area contributed by atoms with Gasteiger partial charge in [-0.25, -0.2) is 0 Å². The van der Waals surface area contributed by atoms with E-state index in [1.54, 1.807) is 0 Å². The summed E-state index contributed by atoms with van der Waals surface area (Å²) >= 11 is 4.00. The summed E-state index contributed by atoms with van der Waals surface area (Å²) in [7, 11) is 1.93. The van der Waals surface area contributed by atoms with Crippen molar-refractivity contribution in [3.05, 3.63) is 23.3 Å². The number of nitrogens with one attached hydrogen (secondary N) is 2. The predicted molar refractivity (Wildman–Crippen MR) is 58.1 cm³/mol. The molecular weight excluding hydrogens is 168 g/mol. The molecule has 0 fully saturated rings. The quantitative estimate of drug-likeness (QED) is 0.612. The maximum Gasteiger partial charge on any atom is 0.0444 e. The van der Waals surface area contributed by atoms with Gasteiger partial charge in [0.2, 0.25) is 0 Å². The highest BCUT2D eigenvalue weighted by molar-refractivity contribution is 7.81. The lowest BCUT2D eigenvalue weighted by molar-refractivity contribution is 1.34. The Balaban J connectivity index is 3.18. The lowest BCUT2D eigenvalue weighted by atomic mass is 10.1. The van der Waals surface area contributed by atoms with Crippen LogP contribution in [0.3, 0.4) is 0 Å². The maximum absolute atomic E-state index is 4.00. The molecule has 2 N–H and O–H groups in total. The van der Waals surface area contributed by atoms with E-state index < -0.39 is 0 Å². The molecule has 0 aromatic heterocycles. The molecular formula is C9H14N2S. The predicted octanol–water partition coefficient (Wildman–Crippen LogP) is 2.60. The summed E-state index contributed by atoms with van der Waals surface area (Å²) in [6.07, 6.45) is 0. The van der Waals surface area contributed by atoms with Crippen molar-refractivity contribution < 1.29 is 0 Å². The van der Waals surface area contributed by atoms with Crippen LogP contribution in [0.25, 0.3) is 0 Å². The highest BCUT2D eigenvalue weighted by Gasteiger charge is 2.01. The molecule has 1 aromatic carbocycles. The first-order valence-corrected chi connectivity index (χ1v) is 4.33. The Labute approximate surface area is 78.9 Å². The van der Waals surface area contributed by atoms with E-state index in [-0.39, 0.29) is 0 Å². The fraction of sp³-hybridized carbons (Fsp3) is 0.333. The van der Waals surface area contributed by atoms with E-state index in [0.29, 0.717) is 0 Å². The number of thiol groups is 1. The van der Waals surface area contributed by atoms with Gasteiger partial charge >= 0.3 is 0 Å².